The van der Waals surface area contributed by atoms with Crippen molar-refractivity contribution in [3.05, 3.63) is 29.3 Å². The Morgan fingerprint density at radius 3 is 2.48 bits per heavy atom. The number of rotatable bonds is 6. The van der Waals surface area contributed by atoms with E-state index in [2.05, 4.69) is 5.16 Å². The molecule has 1 aromatic rings. The van der Waals surface area contributed by atoms with Crippen LogP contribution in [0.5, 0.6) is 0 Å². The zero-order valence-corrected chi connectivity index (χ0v) is 12.1. The van der Waals surface area contributed by atoms with Gasteiger partial charge < -0.3 is 15.8 Å². The molecule has 0 aliphatic carbocycles. The van der Waals surface area contributed by atoms with E-state index in [-0.39, 0.29) is 5.56 Å². The summed E-state index contributed by atoms with van der Waals surface area (Å²) in [5, 5.41) is 11.4. The fourth-order valence-electron chi connectivity index (χ4n) is 2.06. The molecule has 0 saturated heterocycles. The first-order valence-corrected chi connectivity index (χ1v) is 6.79. The van der Waals surface area contributed by atoms with Gasteiger partial charge in [0.05, 0.1) is 5.56 Å². The minimum atomic E-state index is -4.55. The van der Waals surface area contributed by atoms with Crippen LogP contribution in [-0.2, 0) is 6.18 Å². The van der Waals surface area contributed by atoms with E-state index in [0.717, 1.165) is 25.5 Å². The van der Waals surface area contributed by atoms with E-state index in [1.165, 1.54) is 12.1 Å². The molecular weight excluding hydrogens is 283 g/mol. The van der Waals surface area contributed by atoms with Crippen molar-refractivity contribution < 1.29 is 18.4 Å². The summed E-state index contributed by atoms with van der Waals surface area (Å²) >= 11 is 0. The zero-order valence-electron chi connectivity index (χ0n) is 12.1. The number of alkyl halides is 3. The molecule has 0 aromatic heterocycles. The van der Waals surface area contributed by atoms with Crippen molar-refractivity contribution in [2.75, 3.05) is 18.0 Å². The zero-order chi connectivity index (χ0) is 16.0. The summed E-state index contributed by atoms with van der Waals surface area (Å²) < 4.78 is 38.9. The van der Waals surface area contributed by atoms with Crippen LogP contribution in [0.25, 0.3) is 0 Å². The van der Waals surface area contributed by atoms with Gasteiger partial charge in [0.2, 0.25) is 0 Å². The van der Waals surface area contributed by atoms with E-state index >= 15 is 0 Å². The second kappa shape index (κ2) is 7.19. The maximum absolute atomic E-state index is 13.0. The molecule has 0 radical (unpaired) electrons. The summed E-state index contributed by atoms with van der Waals surface area (Å²) in [6, 6.07) is 3.70. The van der Waals surface area contributed by atoms with Crippen molar-refractivity contribution in [3.8, 4) is 0 Å². The van der Waals surface area contributed by atoms with Gasteiger partial charge >= 0.3 is 6.18 Å². The molecule has 4 nitrogen and oxygen atoms in total. The lowest BCUT2D eigenvalue weighted by Crippen LogP contribution is -2.26. The lowest BCUT2D eigenvalue weighted by Gasteiger charge is -2.24. The number of benzene rings is 1. The maximum Gasteiger partial charge on any atom is 0.417 e. The largest absolute Gasteiger partial charge is 0.417 e. The van der Waals surface area contributed by atoms with Crippen molar-refractivity contribution in [1.82, 2.24) is 0 Å². The highest BCUT2D eigenvalue weighted by Gasteiger charge is 2.34. The molecule has 0 unspecified atom stereocenters. The van der Waals surface area contributed by atoms with Gasteiger partial charge in [0.1, 0.15) is 0 Å². The third-order valence-electron chi connectivity index (χ3n) is 3.22. The SMILES string of the molecule is CCCCN(CC)c1ccc(C(F)(F)F)c(/C(N)=N/O)c1. The Hall–Kier alpha value is -1.92. The maximum atomic E-state index is 13.0. The molecule has 0 fully saturated rings. The molecule has 7 heteroatoms. The van der Waals surface area contributed by atoms with E-state index in [1.54, 1.807) is 0 Å². The van der Waals surface area contributed by atoms with Gasteiger partial charge in [-0.25, -0.2) is 0 Å². The number of hydrogen-bond donors (Lipinski definition) is 2. The fraction of sp³-hybridized carbons (Fsp3) is 0.500. The molecule has 118 valence electrons. The first-order chi connectivity index (χ1) is 9.85. The Balaban J connectivity index is 3.27. The number of unbranched alkanes of at least 4 members (excludes halogenated alkanes) is 1. The molecular formula is C14H20F3N3O. The number of amidine groups is 1. The molecule has 0 aliphatic heterocycles. The van der Waals surface area contributed by atoms with E-state index < -0.39 is 17.6 Å². The molecule has 0 aliphatic rings. The third-order valence-corrected chi connectivity index (χ3v) is 3.22. The van der Waals surface area contributed by atoms with Crippen molar-refractivity contribution >= 4 is 11.5 Å². The lowest BCUT2D eigenvalue weighted by atomic mass is 10.0. The Morgan fingerprint density at radius 1 is 1.33 bits per heavy atom. The van der Waals surface area contributed by atoms with Crippen LogP contribution in [0, 0.1) is 0 Å². The van der Waals surface area contributed by atoms with Gasteiger partial charge in [0.15, 0.2) is 5.84 Å². The quantitative estimate of drug-likeness (QED) is 0.366. The number of halogens is 3. The Labute approximate surface area is 122 Å². The summed E-state index contributed by atoms with van der Waals surface area (Å²) in [5.41, 5.74) is 4.79. The molecule has 21 heavy (non-hydrogen) atoms. The van der Waals surface area contributed by atoms with E-state index in [0.29, 0.717) is 12.2 Å². The van der Waals surface area contributed by atoms with Gasteiger partial charge in [-0.15, -0.1) is 0 Å². The van der Waals surface area contributed by atoms with Gasteiger partial charge in [-0.2, -0.15) is 13.2 Å². The molecule has 1 rings (SSSR count). The monoisotopic (exact) mass is 303 g/mol. The predicted octanol–water partition coefficient (Wildman–Crippen LogP) is 3.43. The fourth-order valence-corrected chi connectivity index (χ4v) is 2.06. The molecule has 1 aromatic carbocycles. The summed E-state index contributed by atoms with van der Waals surface area (Å²) in [6.45, 7) is 5.38. The molecule has 0 atom stereocenters. The van der Waals surface area contributed by atoms with E-state index in [1.807, 2.05) is 18.7 Å². The van der Waals surface area contributed by atoms with Gasteiger partial charge in [-0.3, -0.25) is 0 Å². The van der Waals surface area contributed by atoms with E-state index in [9.17, 15) is 13.2 Å². The Kier molecular flexibility index (Phi) is 5.87. The van der Waals surface area contributed by atoms with Crippen LogP contribution in [0.15, 0.2) is 23.4 Å². The predicted molar refractivity (Wildman–Crippen MR) is 76.7 cm³/mol. The normalized spacial score (nSPS) is 12.5. The smallest absolute Gasteiger partial charge is 0.409 e. The van der Waals surface area contributed by atoms with Crippen LogP contribution in [-0.4, -0.2) is 24.1 Å². The van der Waals surface area contributed by atoms with Crippen LogP contribution >= 0.6 is 0 Å². The minimum absolute atomic E-state index is 0.308. The van der Waals surface area contributed by atoms with Crippen molar-refractivity contribution in [3.63, 3.8) is 0 Å². The Morgan fingerprint density at radius 2 is 2.00 bits per heavy atom. The standard InChI is InChI=1S/C14H20F3N3O/c1-3-5-8-20(4-2)10-6-7-12(14(15,16)17)11(9-10)13(18)19-21/h6-7,9,21H,3-5,8H2,1-2H3,(H2,18,19). The van der Waals surface area contributed by atoms with E-state index in [4.69, 9.17) is 10.9 Å². The minimum Gasteiger partial charge on any atom is -0.409 e. The third kappa shape index (κ3) is 4.27. The summed E-state index contributed by atoms with van der Waals surface area (Å²) in [4.78, 5) is 1.96. The number of oxime groups is 1. The molecule has 0 spiro atoms. The van der Waals surface area contributed by atoms with Crippen LogP contribution in [0.4, 0.5) is 18.9 Å². The Bertz CT molecular complexity index is 501. The molecule has 0 bridgehead atoms. The first-order valence-electron chi connectivity index (χ1n) is 6.79. The number of nitrogens with zero attached hydrogens (tertiary/aromatic N) is 2. The molecule has 0 amide bonds. The second-order valence-corrected chi connectivity index (χ2v) is 4.65. The van der Waals surface area contributed by atoms with Gasteiger partial charge in [0, 0.05) is 24.3 Å². The van der Waals surface area contributed by atoms with Crippen molar-refractivity contribution in [2.24, 2.45) is 10.9 Å². The van der Waals surface area contributed by atoms with Crippen LogP contribution in [0.3, 0.4) is 0 Å². The lowest BCUT2D eigenvalue weighted by molar-refractivity contribution is -0.137. The second-order valence-electron chi connectivity index (χ2n) is 4.65. The van der Waals surface area contributed by atoms with Crippen LogP contribution < -0.4 is 10.6 Å². The highest BCUT2D eigenvalue weighted by atomic mass is 19.4. The molecule has 3 N–H and O–H groups in total. The summed E-state index contributed by atoms with van der Waals surface area (Å²) in [7, 11) is 0. The van der Waals surface area contributed by atoms with Crippen molar-refractivity contribution in [2.45, 2.75) is 32.9 Å². The van der Waals surface area contributed by atoms with Gasteiger partial charge in [0.25, 0.3) is 0 Å². The van der Waals surface area contributed by atoms with Crippen LogP contribution in [0.2, 0.25) is 0 Å². The number of hydrogen-bond acceptors (Lipinski definition) is 3. The van der Waals surface area contributed by atoms with Gasteiger partial charge in [-0.05, 0) is 31.5 Å². The average molecular weight is 303 g/mol. The highest BCUT2D eigenvalue weighted by molar-refractivity contribution is 5.99. The van der Waals surface area contributed by atoms with Gasteiger partial charge in [-0.1, -0.05) is 18.5 Å². The highest BCUT2D eigenvalue weighted by Crippen LogP contribution is 2.34. The first kappa shape index (κ1) is 17.1. The van der Waals surface area contributed by atoms with Crippen LogP contribution in [0.1, 0.15) is 37.8 Å². The number of anilines is 1. The summed E-state index contributed by atoms with van der Waals surface area (Å²) in [5.74, 6) is -0.546. The molecule has 0 heterocycles. The van der Waals surface area contributed by atoms with Crippen molar-refractivity contribution in [1.29, 1.82) is 0 Å². The molecule has 0 saturated carbocycles. The topological polar surface area (TPSA) is 61.8 Å². The number of nitrogens with two attached hydrogens (primary N) is 1. The average Bonchev–Trinajstić information content (AvgIpc) is 2.46. The summed E-state index contributed by atoms with van der Waals surface area (Å²) in [6.07, 6.45) is -2.62.